The Labute approximate surface area is 132 Å². The first-order valence-corrected chi connectivity index (χ1v) is 6.97. The van der Waals surface area contributed by atoms with Crippen molar-refractivity contribution in [1.82, 2.24) is 5.32 Å². The third-order valence-electron chi connectivity index (χ3n) is 3.96. The van der Waals surface area contributed by atoms with E-state index in [1.165, 1.54) is 0 Å². The molecule has 0 spiro atoms. The maximum atomic E-state index is 6.43. The minimum absolute atomic E-state index is 0. The summed E-state index contributed by atoms with van der Waals surface area (Å²) in [7, 11) is 4.85. The van der Waals surface area contributed by atoms with Crippen LogP contribution < -0.4 is 25.3 Å². The van der Waals surface area contributed by atoms with Gasteiger partial charge in [0, 0.05) is 6.04 Å². The van der Waals surface area contributed by atoms with Crippen LogP contribution in [-0.4, -0.2) is 34.4 Å². The van der Waals surface area contributed by atoms with Crippen LogP contribution in [0.25, 0.3) is 0 Å². The van der Waals surface area contributed by atoms with Gasteiger partial charge in [0.25, 0.3) is 0 Å². The molecule has 1 aliphatic rings. The van der Waals surface area contributed by atoms with Crippen LogP contribution in [-0.2, 0) is 0 Å². The van der Waals surface area contributed by atoms with Gasteiger partial charge in [0.05, 0.1) is 21.3 Å². The van der Waals surface area contributed by atoms with Crippen molar-refractivity contribution in [2.75, 3.05) is 34.4 Å². The van der Waals surface area contributed by atoms with Gasteiger partial charge in [0.15, 0.2) is 11.5 Å². The second-order valence-electron chi connectivity index (χ2n) is 5.07. The largest absolute Gasteiger partial charge is 0.493 e. The van der Waals surface area contributed by atoms with E-state index in [2.05, 4.69) is 5.32 Å². The maximum absolute atomic E-state index is 6.43. The molecule has 0 aromatic heterocycles. The summed E-state index contributed by atoms with van der Waals surface area (Å²) >= 11 is 0. The number of halogens is 1. The number of hydrogen-bond acceptors (Lipinski definition) is 5. The molecule has 0 amide bonds. The van der Waals surface area contributed by atoms with Crippen LogP contribution in [0.1, 0.15) is 24.4 Å². The Bertz CT molecular complexity index is 426. The van der Waals surface area contributed by atoms with Crippen LogP contribution in [0.2, 0.25) is 0 Å². The summed E-state index contributed by atoms with van der Waals surface area (Å²) in [6.07, 6.45) is 2.19. The summed E-state index contributed by atoms with van der Waals surface area (Å²) in [6.45, 7) is 2.06. The predicted octanol–water partition coefficient (Wildman–Crippen LogP) is 2.13. The van der Waals surface area contributed by atoms with Crippen molar-refractivity contribution in [3.8, 4) is 17.2 Å². The molecule has 0 saturated carbocycles. The van der Waals surface area contributed by atoms with Crippen LogP contribution >= 0.6 is 12.4 Å². The molecular formula is C15H25ClN2O3. The van der Waals surface area contributed by atoms with Crippen molar-refractivity contribution >= 4 is 12.4 Å². The first-order chi connectivity index (χ1) is 9.71. The lowest BCUT2D eigenvalue weighted by Gasteiger charge is -2.29. The summed E-state index contributed by atoms with van der Waals surface area (Å²) < 4.78 is 16.1. The molecule has 0 bridgehead atoms. The normalized spacial score (nSPS) is 16.8. The summed E-state index contributed by atoms with van der Waals surface area (Å²) in [5.74, 6) is 2.41. The van der Waals surface area contributed by atoms with Gasteiger partial charge in [-0.25, -0.2) is 0 Å². The fourth-order valence-corrected chi connectivity index (χ4v) is 2.77. The van der Waals surface area contributed by atoms with Crippen LogP contribution in [0.4, 0.5) is 0 Å². The molecule has 1 aromatic carbocycles. The zero-order valence-corrected chi connectivity index (χ0v) is 13.7. The Balaban J connectivity index is 0.00000220. The number of methoxy groups -OCH3 is 3. The molecule has 1 heterocycles. The fourth-order valence-electron chi connectivity index (χ4n) is 2.77. The molecular weight excluding hydrogens is 292 g/mol. The highest BCUT2D eigenvalue weighted by Gasteiger charge is 2.24. The van der Waals surface area contributed by atoms with Gasteiger partial charge in [-0.1, -0.05) is 0 Å². The molecule has 6 heteroatoms. The molecule has 0 unspecified atom stereocenters. The Hall–Kier alpha value is -1.17. The zero-order valence-electron chi connectivity index (χ0n) is 12.8. The smallest absolute Gasteiger partial charge is 0.203 e. The summed E-state index contributed by atoms with van der Waals surface area (Å²) in [5, 5.41) is 3.36. The van der Waals surface area contributed by atoms with Crippen LogP contribution in [0, 0.1) is 5.92 Å². The molecule has 1 fully saturated rings. The molecule has 5 nitrogen and oxygen atoms in total. The lowest BCUT2D eigenvalue weighted by molar-refractivity contribution is 0.311. The van der Waals surface area contributed by atoms with E-state index in [0.717, 1.165) is 31.5 Å². The highest BCUT2D eigenvalue weighted by Crippen LogP contribution is 2.41. The molecule has 0 radical (unpaired) electrons. The van der Waals surface area contributed by atoms with Crippen molar-refractivity contribution < 1.29 is 14.2 Å². The molecule has 0 aliphatic carbocycles. The van der Waals surface area contributed by atoms with Gasteiger partial charge in [0.1, 0.15) is 0 Å². The van der Waals surface area contributed by atoms with E-state index in [4.69, 9.17) is 19.9 Å². The minimum Gasteiger partial charge on any atom is -0.493 e. The average molecular weight is 317 g/mol. The summed E-state index contributed by atoms with van der Waals surface area (Å²) in [4.78, 5) is 0. The number of benzene rings is 1. The molecule has 1 aromatic rings. The van der Waals surface area contributed by atoms with Gasteiger partial charge in [-0.05, 0) is 49.5 Å². The molecule has 120 valence electrons. The maximum Gasteiger partial charge on any atom is 0.203 e. The van der Waals surface area contributed by atoms with E-state index in [-0.39, 0.29) is 18.4 Å². The number of nitrogens with two attached hydrogens (primary N) is 1. The monoisotopic (exact) mass is 316 g/mol. The van der Waals surface area contributed by atoms with Crippen molar-refractivity contribution in [3.05, 3.63) is 17.7 Å². The third-order valence-corrected chi connectivity index (χ3v) is 3.96. The molecule has 21 heavy (non-hydrogen) atoms. The van der Waals surface area contributed by atoms with Crippen molar-refractivity contribution in [2.45, 2.75) is 18.9 Å². The Morgan fingerprint density at radius 1 is 1.05 bits per heavy atom. The van der Waals surface area contributed by atoms with Crippen molar-refractivity contribution in [2.24, 2.45) is 11.7 Å². The SMILES string of the molecule is COc1cc([C@H](N)C2CCNCC2)cc(OC)c1OC.Cl. The number of piperidine rings is 1. The van der Waals surface area contributed by atoms with Crippen molar-refractivity contribution in [1.29, 1.82) is 0 Å². The molecule has 2 rings (SSSR count). The molecule has 1 atom stereocenters. The van der Waals surface area contributed by atoms with Gasteiger partial charge in [-0.15, -0.1) is 12.4 Å². The molecule has 3 N–H and O–H groups in total. The van der Waals surface area contributed by atoms with Gasteiger partial charge < -0.3 is 25.3 Å². The first-order valence-electron chi connectivity index (χ1n) is 6.97. The van der Waals surface area contributed by atoms with E-state index in [9.17, 15) is 0 Å². The number of rotatable bonds is 5. The summed E-state index contributed by atoms with van der Waals surface area (Å²) in [5.41, 5.74) is 7.46. The highest BCUT2D eigenvalue weighted by molar-refractivity contribution is 5.85. The topological polar surface area (TPSA) is 65.7 Å². The van der Waals surface area contributed by atoms with E-state index in [1.54, 1.807) is 21.3 Å². The quantitative estimate of drug-likeness (QED) is 0.871. The Kier molecular flexibility index (Phi) is 7.08. The summed E-state index contributed by atoms with van der Waals surface area (Å²) in [6, 6.07) is 3.90. The van der Waals surface area contributed by atoms with Crippen LogP contribution in [0.3, 0.4) is 0 Å². The minimum atomic E-state index is -0.00851. The first kappa shape index (κ1) is 17.9. The van der Waals surface area contributed by atoms with Gasteiger partial charge >= 0.3 is 0 Å². The Morgan fingerprint density at radius 2 is 1.57 bits per heavy atom. The Morgan fingerprint density at radius 3 is 2.00 bits per heavy atom. The third kappa shape index (κ3) is 3.93. The van der Waals surface area contributed by atoms with Gasteiger partial charge in [-0.2, -0.15) is 0 Å². The standard InChI is InChI=1S/C15H24N2O3.ClH/c1-18-12-8-11(9-13(19-2)15(12)20-3)14(16)10-4-6-17-7-5-10;/h8-10,14,17H,4-7,16H2,1-3H3;1H/t14-;/m1./s1. The fraction of sp³-hybridized carbons (Fsp3) is 0.600. The van der Waals surface area contributed by atoms with E-state index in [1.807, 2.05) is 12.1 Å². The second-order valence-corrected chi connectivity index (χ2v) is 5.07. The van der Waals surface area contributed by atoms with E-state index >= 15 is 0 Å². The van der Waals surface area contributed by atoms with Gasteiger partial charge in [0.2, 0.25) is 5.75 Å². The predicted molar refractivity (Wildman–Crippen MR) is 85.9 cm³/mol. The van der Waals surface area contributed by atoms with E-state index < -0.39 is 0 Å². The van der Waals surface area contributed by atoms with E-state index in [0.29, 0.717) is 23.2 Å². The molecule has 1 saturated heterocycles. The van der Waals surface area contributed by atoms with Crippen LogP contribution in [0.15, 0.2) is 12.1 Å². The number of nitrogens with one attached hydrogen (secondary N) is 1. The molecule has 1 aliphatic heterocycles. The highest BCUT2D eigenvalue weighted by atomic mass is 35.5. The van der Waals surface area contributed by atoms with Crippen LogP contribution in [0.5, 0.6) is 17.2 Å². The lowest BCUT2D eigenvalue weighted by Crippen LogP contribution is -2.33. The lowest BCUT2D eigenvalue weighted by atomic mass is 9.86. The number of hydrogen-bond donors (Lipinski definition) is 2. The second kappa shape index (κ2) is 8.32. The number of ether oxygens (including phenoxy) is 3. The van der Waals surface area contributed by atoms with Crippen molar-refractivity contribution in [3.63, 3.8) is 0 Å². The van der Waals surface area contributed by atoms with Gasteiger partial charge in [-0.3, -0.25) is 0 Å². The average Bonchev–Trinajstić information content (AvgIpc) is 2.53. The zero-order chi connectivity index (χ0) is 14.5.